The van der Waals surface area contributed by atoms with Crippen molar-refractivity contribution in [2.24, 2.45) is 0 Å². The maximum atomic E-state index is 13.1. The molecule has 36 heavy (non-hydrogen) atoms. The summed E-state index contributed by atoms with van der Waals surface area (Å²) in [5, 5.41) is 7.98. The Labute approximate surface area is 208 Å². The predicted molar refractivity (Wildman–Crippen MR) is 127 cm³/mol. The number of alkyl halides is 3. The number of hydrogen-bond donors (Lipinski definition) is 4. The van der Waals surface area contributed by atoms with Gasteiger partial charge in [0.25, 0.3) is 5.91 Å². The highest BCUT2D eigenvalue weighted by atomic mass is 35.5. The molecule has 0 radical (unpaired) electrons. The molecule has 1 aliphatic rings. The van der Waals surface area contributed by atoms with E-state index in [-0.39, 0.29) is 18.3 Å². The molecule has 0 bridgehead atoms. The fourth-order valence-corrected chi connectivity index (χ4v) is 4.51. The number of methoxy groups -OCH3 is 1. The number of carbonyl (C=O) groups is 3. The first-order chi connectivity index (χ1) is 17.1. The van der Waals surface area contributed by atoms with Gasteiger partial charge in [0.2, 0.25) is 0 Å². The number of carbonyl (C=O) groups excluding carboxylic acids is 3. The van der Waals surface area contributed by atoms with Crippen molar-refractivity contribution in [3.05, 3.63) is 63.8 Å². The lowest BCUT2D eigenvalue weighted by molar-refractivity contribution is -0.139. The van der Waals surface area contributed by atoms with Crippen LogP contribution in [0, 0.1) is 0 Å². The van der Waals surface area contributed by atoms with Crippen molar-refractivity contribution >= 4 is 46.1 Å². The number of H-pyrrole nitrogens is 1. The van der Waals surface area contributed by atoms with Gasteiger partial charge >= 0.3 is 18.2 Å². The molecule has 1 aromatic heterocycles. The maximum absolute atomic E-state index is 13.1. The summed E-state index contributed by atoms with van der Waals surface area (Å²) in [5.41, 5.74) is 1.83. The Kier molecular flexibility index (Phi) is 7.11. The van der Waals surface area contributed by atoms with Gasteiger partial charge in [0.05, 0.1) is 17.7 Å². The highest BCUT2D eigenvalue weighted by Crippen LogP contribution is 2.36. The van der Waals surface area contributed by atoms with Crippen molar-refractivity contribution < 1.29 is 32.3 Å². The van der Waals surface area contributed by atoms with E-state index in [1.807, 2.05) is 6.07 Å². The first-order valence-corrected chi connectivity index (χ1v) is 11.4. The van der Waals surface area contributed by atoms with Crippen LogP contribution in [0.3, 0.4) is 0 Å². The smallest absolute Gasteiger partial charge is 0.417 e. The molecule has 4 rings (SSSR count). The second kappa shape index (κ2) is 10.1. The van der Waals surface area contributed by atoms with E-state index in [9.17, 15) is 27.6 Å². The number of fused-ring (bicyclic) bond motifs is 3. The van der Waals surface area contributed by atoms with Crippen LogP contribution in [-0.4, -0.2) is 42.6 Å². The number of nitrogens with one attached hydrogen (secondary N) is 4. The molecular weight excluding hydrogens is 501 g/mol. The van der Waals surface area contributed by atoms with Gasteiger partial charge in [0.15, 0.2) is 0 Å². The molecule has 0 saturated carbocycles. The predicted octanol–water partition coefficient (Wildman–Crippen LogP) is 4.42. The molecule has 0 saturated heterocycles. The number of aromatic nitrogens is 1. The van der Waals surface area contributed by atoms with Crippen LogP contribution in [0.2, 0.25) is 5.02 Å². The molecule has 2 aromatic carbocycles. The Morgan fingerprint density at radius 2 is 1.97 bits per heavy atom. The molecule has 4 N–H and O–H groups in total. The van der Waals surface area contributed by atoms with E-state index in [2.05, 4.69) is 25.7 Å². The van der Waals surface area contributed by atoms with E-state index in [1.165, 1.54) is 13.2 Å². The van der Waals surface area contributed by atoms with E-state index < -0.39 is 34.7 Å². The third-order valence-electron chi connectivity index (χ3n) is 5.94. The zero-order valence-electron chi connectivity index (χ0n) is 19.0. The summed E-state index contributed by atoms with van der Waals surface area (Å²) in [6.45, 7) is -0.274. The number of amides is 3. The lowest BCUT2D eigenvalue weighted by atomic mass is 9.90. The van der Waals surface area contributed by atoms with E-state index in [4.69, 9.17) is 11.6 Å². The molecule has 0 aliphatic heterocycles. The third-order valence-corrected chi connectivity index (χ3v) is 6.27. The highest BCUT2D eigenvalue weighted by molar-refractivity contribution is 6.31. The number of halogens is 4. The van der Waals surface area contributed by atoms with E-state index in [0.717, 1.165) is 28.9 Å². The summed E-state index contributed by atoms with van der Waals surface area (Å²) in [6.07, 6.45) is -3.07. The Morgan fingerprint density at radius 1 is 1.19 bits per heavy atom. The van der Waals surface area contributed by atoms with Crippen LogP contribution < -0.4 is 16.0 Å². The number of aryl methyl sites for hydroxylation is 1. The zero-order chi connectivity index (χ0) is 26.0. The molecule has 1 aliphatic carbocycles. The molecule has 0 spiro atoms. The second-order valence-corrected chi connectivity index (χ2v) is 8.71. The van der Waals surface area contributed by atoms with Gasteiger partial charge < -0.3 is 25.7 Å². The Morgan fingerprint density at radius 3 is 2.69 bits per heavy atom. The van der Waals surface area contributed by atoms with Crippen LogP contribution in [0.25, 0.3) is 10.9 Å². The van der Waals surface area contributed by atoms with Gasteiger partial charge in [-0.2, -0.15) is 13.2 Å². The summed E-state index contributed by atoms with van der Waals surface area (Å²) in [6, 6.07) is 7.36. The largest absolute Gasteiger partial charge is 0.468 e. The highest BCUT2D eigenvalue weighted by Gasteiger charge is 2.33. The van der Waals surface area contributed by atoms with E-state index in [0.29, 0.717) is 30.2 Å². The Bertz CT molecular complexity index is 1340. The van der Waals surface area contributed by atoms with Crippen molar-refractivity contribution in [2.45, 2.75) is 31.5 Å². The van der Waals surface area contributed by atoms with Gasteiger partial charge in [-0.3, -0.25) is 9.59 Å². The average molecular weight is 523 g/mol. The SMILES string of the molecule is COC(=O)CNC(=O)c1cccc2[nH]c3c(c12)CC(NC(=O)Nc1ccc(Cl)c(C(F)(F)F)c1)CC3. The lowest BCUT2D eigenvalue weighted by Crippen LogP contribution is -2.41. The number of hydrogen-bond acceptors (Lipinski definition) is 4. The van der Waals surface area contributed by atoms with Crippen molar-refractivity contribution in [3.63, 3.8) is 0 Å². The quantitative estimate of drug-likeness (QED) is 0.372. The maximum Gasteiger partial charge on any atom is 0.417 e. The second-order valence-electron chi connectivity index (χ2n) is 8.30. The van der Waals surface area contributed by atoms with Gasteiger partial charge in [-0.05, 0) is 55.2 Å². The molecule has 12 heteroatoms. The monoisotopic (exact) mass is 522 g/mol. The van der Waals surface area contributed by atoms with Crippen LogP contribution in [0.4, 0.5) is 23.7 Å². The van der Waals surface area contributed by atoms with Crippen LogP contribution in [0.5, 0.6) is 0 Å². The lowest BCUT2D eigenvalue weighted by Gasteiger charge is -2.24. The van der Waals surface area contributed by atoms with Crippen molar-refractivity contribution in [2.75, 3.05) is 19.0 Å². The topological polar surface area (TPSA) is 112 Å². The van der Waals surface area contributed by atoms with Crippen LogP contribution >= 0.6 is 11.6 Å². The molecule has 3 amide bonds. The number of urea groups is 1. The normalized spacial score (nSPS) is 15.2. The minimum Gasteiger partial charge on any atom is -0.468 e. The molecule has 8 nitrogen and oxygen atoms in total. The average Bonchev–Trinajstić information content (AvgIpc) is 3.20. The van der Waals surface area contributed by atoms with Crippen molar-refractivity contribution in [1.29, 1.82) is 0 Å². The molecule has 1 unspecified atom stereocenters. The van der Waals surface area contributed by atoms with Crippen molar-refractivity contribution in [3.8, 4) is 0 Å². The van der Waals surface area contributed by atoms with Crippen LogP contribution in [-0.2, 0) is 28.5 Å². The first kappa shape index (κ1) is 25.4. The van der Waals surface area contributed by atoms with Gasteiger partial charge in [-0.25, -0.2) is 4.79 Å². The zero-order valence-corrected chi connectivity index (χ0v) is 19.8. The number of anilines is 1. The number of benzene rings is 2. The summed E-state index contributed by atoms with van der Waals surface area (Å²) in [5.74, 6) is -1.02. The van der Waals surface area contributed by atoms with E-state index >= 15 is 0 Å². The molecule has 0 fully saturated rings. The van der Waals surface area contributed by atoms with Gasteiger partial charge in [0.1, 0.15) is 6.54 Å². The molecular formula is C24H22ClF3N4O4. The summed E-state index contributed by atoms with van der Waals surface area (Å²) in [4.78, 5) is 40.0. The summed E-state index contributed by atoms with van der Waals surface area (Å²) in [7, 11) is 1.23. The fourth-order valence-electron chi connectivity index (χ4n) is 4.28. The number of ether oxygens (including phenoxy) is 1. The van der Waals surface area contributed by atoms with Gasteiger partial charge in [-0.1, -0.05) is 17.7 Å². The van der Waals surface area contributed by atoms with Gasteiger partial charge in [0, 0.05) is 33.9 Å². The summed E-state index contributed by atoms with van der Waals surface area (Å²) < 4.78 is 43.9. The van der Waals surface area contributed by atoms with E-state index in [1.54, 1.807) is 12.1 Å². The third kappa shape index (κ3) is 5.40. The van der Waals surface area contributed by atoms with Gasteiger partial charge in [-0.15, -0.1) is 0 Å². The summed E-state index contributed by atoms with van der Waals surface area (Å²) >= 11 is 5.63. The molecule has 3 aromatic rings. The number of esters is 1. The number of aromatic amines is 1. The minimum atomic E-state index is -4.65. The standard InChI is InChI=1S/C24H22ClF3N4O4/c1-36-20(33)11-29-22(34)14-3-2-4-19-21(14)15-9-12(6-8-18(15)32-19)30-23(35)31-13-5-7-17(25)16(10-13)24(26,27)28/h2-5,7,10,12,32H,6,8-9,11H2,1H3,(H,29,34)(H2,30,31,35). The van der Waals surface area contributed by atoms with Crippen LogP contribution in [0.1, 0.15) is 33.6 Å². The number of rotatable bonds is 5. The molecule has 1 atom stereocenters. The minimum absolute atomic E-state index is 0.0441. The Hall–Kier alpha value is -3.73. The molecule has 190 valence electrons. The Balaban J connectivity index is 1.49. The molecule has 1 heterocycles. The fraction of sp³-hybridized carbons (Fsp3) is 0.292. The van der Waals surface area contributed by atoms with Crippen molar-refractivity contribution in [1.82, 2.24) is 15.6 Å². The van der Waals surface area contributed by atoms with Crippen LogP contribution in [0.15, 0.2) is 36.4 Å². The first-order valence-electron chi connectivity index (χ1n) is 11.0.